The SMILES string of the molecule is O=C(CCNS(=O)(=O)c1cccc(Cl)c1)N1CCc2cc(Br)ccc21. The van der Waals surface area contributed by atoms with Crippen LogP contribution in [0.2, 0.25) is 5.02 Å². The molecular weight excluding hydrogens is 428 g/mol. The lowest BCUT2D eigenvalue weighted by atomic mass is 10.2. The molecule has 0 spiro atoms. The third-order valence-corrected chi connectivity index (χ3v) is 6.16. The summed E-state index contributed by atoms with van der Waals surface area (Å²) in [6.07, 6.45) is 0.893. The number of nitrogens with one attached hydrogen (secondary N) is 1. The van der Waals surface area contributed by atoms with Gasteiger partial charge in [-0.25, -0.2) is 13.1 Å². The van der Waals surface area contributed by atoms with Crippen LogP contribution in [0.1, 0.15) is 12.0 Å². The number of benzene rings is 2. The van der Waals surface area contributed by atoms with Crippen LogP contribution in [0.15, 0.2) is 51.8 Å². The van der Waals surface area contributed by atoms with Crippen LogP contribution in [0.25, 0.3) is 0 Å². The molecular formula is C17H16BrClN2O3S. The Hall–Kier alpha value is -1.41. The second-order valence-electron chi connectivity index (χ2n) is 5.67. The number of amides is 1. The number of carbonyl (C=O) groups is 1. The van der Waals surface area contributed by atoms with E-state index in [-0.39, 0.29) is 23.8 Å². The van der Waals surface area contributed by atoms with Crippen LogP contribution in [-0.2, 0) is 21.2 Å². The molecule has 3 rings (SSSR count). The van der Waals surface area contributed by atoms with Gasteiger partial charge in [-0.3, -0.25) is 4.79 Å². The van der Waals surface area contributed by atoms with Gasteiger partial charge in [-0.2, -0.15) is 0 Å². The van der Waals surface area contributed by atoms with Gasteiger partial charge in [0.2, 0.25) is 15.9 Å². The number of sulfonamides is 1. The molecule has 0 aliphatic carbocycles. The lowest BCUT2D eigenvalue weighted by Crippen LogP contribution is -2.33. The number of nitrogens with zero attached hydrogens (tertiary/aromatic N) is 1. The molecule has 0 saturated carbocycles. The molecule has 1 N–H and O–H groups in total. The molecule has 0 saturated heterocycles. The number of fused-ring (bicyclic) bond motifs is 1. The van der Waals surface area contributed by atoms with E-state index < -0.39 is 10.0 Å². The third kappa shape index (κ3) is 4.23. The molecule has 0 unspecified atom stereocenters. The molecule has 2 aromatic carbocycles. The Morgan fingerprint density at radius 3 is 2.80 bits per heavy atom. The van der Waals surface area contributed by atoms with Gasteiger partial charge < -0.3 is 4.90 Å². The van der Waals surface area contributed by atoms with E-state index >= 15 is 0 Å². The van der Waals surface area contributed by atoms with Gasteiger partial charge in [-0.05, 0) is 48.4 Å². The molecule has 5 nitrogen and oxygen atoms in total. The van der Waals surface area contributed by atoms with E-state index in [2.05, 4.69) is 20.7 Å². The quantitative estimate of drug-likeness (QED) is 0.770. The van der Waals surface area contributed by atoms with Crippen LogP contribution in [0.4, 0.5) is 5.69 Å². The highest BCUT2D eigenvalue weighted by Gasteiger charge is 2.24. The Kier molecular flexibility index (Phi) is 5.48. The van der Waals surface area contributed by atoms with E-state index in [1.165, 1.54) is 12.1 Å². The number of halogens is 2. The van der Waals surface area contributed by atoms with Gasteiger partial charge in [0, 0.05) is 34.7 Å². The van der Waals surface area contributed by atoms with Gasteiger partial charge in [0.15, 0.2) is 0 Å². The second kappa shape index (κ2) is 7.45. The van der Waals surface area contributed by atoms with Crippen molar-refractivity contribution in [3.63, 3.8) is 0 Å². The summed E-state index contributed by atoms with van der Waals surface area (Å²) in [5, 5.41) is 0.346. The van der Waals surface area contributed by atoms with Crippen LogP contribution in [0.3, 0.4) is 0 Å². The normalized spacial score (nSPS) is 13.8. The summed E-state index contributed by atoms with van der Waals surface area (Å²) >= 11 is 9.25. The maximum Gasteiger partial charge on any atom is 0.240 e. The summed E-state index contributed by atoms with van der Waals surface area (Å²) in [7, 11) is -3.68. The predicted molar refractivity (Wildman–Crippen MR) is 101 cm³/mol. The molecule has 0 radical (unpaired) electrons. The minimum absolute atomic E-state index is 0.0377. The van der Waals surface area contributed by atoms with Gasteiger partial charge in [-0.1, -0.05) is 33.6 Å². The molecule has 0 aromatic heterocycles. The number of hydrogen-bond donors (Lipinski definition) is 1. The number of anilines is 1. The van der Waals surface area contributed by atoms with Crippen molar-refractivity contribution in [2.24, 2.45) is 0 Å². The Balaban J connectivity index is 1.61. The zero-order valence-electron chi connectivity index (χ0n) is 13.2. The molecule has 8 heteroatoms. The molecule has 2 aromatic rings. The average molecular weight is 444 g/mol. The van der Waals surface area contributed by atoms with E-state index in [0.29, 0.717) is 11.6 Å². The number of hydrogen-bond acceptors (Lipinski definition) is 3. The lowest BCUT2D eigenvalue weighted by Gasteiger charge is -2.17. The van der Waals surface area contributed by atoms with Crippen LogP contribution in [0, 0.1) is 0 Å². The molecule has 1 heterocycles. The van der Waals surface area contributed by atoms with E-state index in [4.69, 9.17) is 11.6 Å². The zero-order chi connectivity index (χ0) is 18.0. The van der Waals surface area contributed by atoms with Gasteiger partial charge in [-0.15, -0.1) is 0 Å². The van der Waals surface area contributed by atoms with E-state index in [1.54, 1.807) is 17.0 Å². The first kappa shape index (κ1) is 18.4. The maximum atomic E-state index is 12.4. The van der Waals surface area contributed by atoms with Crippen molar-refractivity contribution in [2.45, 2.75) is 17.7 Å². The lowest BCUT2D eigenvalue weighted by molar-refractivity contribution is -0.118. The van der Waals surface area contributed by atoms with Gasteiger partial charge in [0.25, 0.3) is 0 Å². The van der Waals surface area contributed by atoms with Crippen molar-refractivity contribution in [3.05, 3.63) is 57.5 Å². The first-order valence-electron chi connectivity index (χ1n) is 7.71. The van der Waals surface area contributed by atoms with Gasteiger partial charge in [0.1, 0.15) is 0 Å². The van der Waals surface area contributed by atoms with Gasteiger partial charge in [0.05, 0.1) is 4.90 Å². The van der Waals surface area contributed by atoms with Crippen molar-refractivity contribution in [2.75, 3.05) is 18.0 Å². The second-order valence-corrected chi connectivity index (χ2v) is 8.79. The summed E-state index contributed by atoms with van der Waals surface area (Å²) in [6.45, 7) is 0.654. The number of carbonyl (C=O) groups excluding carboxylic acids is 1. The smallest absolute Gasteiger partial charge is 0.240 e. The summed E-state index contributed by atoms with van der Waals surface area (Å²) in [6, 6.07) is 11.8. The van der Waals surface area contributed by atoms with Crippen molar-refractivity contribution >= 4 is 49.1 Å². The predicted octanol–water partition coefficient (Wildman–Crippen LogP) is 3.36. The van der Waals surface area contributed by atoms with E-state index in [9.17, 15) is 13.2 Å². The minimum Gasteiger partial charge on any atom is -0.312 e. The monoisotopic (exact) mass is 442 g/mol. The van der Waals surface area contributed by atoms with Crippen molar-refractivity contribution in [1.29, 1.82) is 0 Å². The molecule has 0 bridgehead atoms. The number of rotatable bonds is 5. The first-order chi connectivity index (χ1) is 11.9. The van der Waals surface area contributed by atoms with E-state index in [1.807, 2.05) is 18.2 Å². The standard InChI is InChI=1S/C17H16BrClN2O3S/c18-13-4-5-16-12(10-13)7-9-21(16)17(22)6-8-20-25(23,24)15-3-1-2-14(19)11-15/h1-5,10-11,20H,6-9H2. The Morgan fingerprint density at radius 1 is 1.24 bits per heavy atom. The Morgan fingerprint density at radius 2 is 2.04 bits per heavy atom. The van der Waals surface area contributed by atoms with Crippen LogP contribution in [-0.4, -0.2) is 27.4 Å². The zero-order valence-corrected chi connectivity index (χ0v) is 16.4. The van der Waals surface area contributed by atoms with Gasteiger partial charge >= 0.3 is 0 Å². The molecule has 132 valence electrons. The summed E-state index contributed by atoms with van der Waals surface area (Å²) in [4.78, 5) is 14.2. The van der Waals surface area contributed by atoms with Crippen LogP contribution >= 0.6 is 27.5 Å². The fraction of sp³-hybridized carbons (Fsp3) is 0.235. The van der Waals surface area contributed by atoms with Crippen molar-refractivity contribution in [1.82, 2.24) is 4.72 Å². The van der Waals surface area contributed by atoms with Crippen LogP contribution < -0.4 is 9.62 Å². The molecule has 0 atom stereocenters. The topological polar surface area (TPSA) is 66.5 Å². The molecule has 1 aliphatic rings. The molecule has 1 aliphatic heterocycles. The highest BCUT2D eigenvalue weighted by Crippen LogP contribution is 2.30. The Labute approximate surface area is 160 Å². The van der Waals surface area contributed by atoms with Crippen molar-refractivity contribution < 1.29 is 13.2 Å². The fourth-order valence-corrected chi connectivity index (χ4v) is 4.51. The highest BCUT2D eigenvalue weighted by molar-refractivity contribution is 9.10. The largest absolute Gasteiger partial charge is 0.312 e. The summed E-state index contributed by atoms with van der Waals surface area (Å²) in [5.41, 5.74) is 2.01. The molecule has 25 heavy (non-hydrogen) atoms. The fourth-order valence-electron chi connectivity index (χ4n) is 2.77. The van der Waals surface area contributed by atoms with Crippen LogP contribution in [0.5, 0.6) is 0 Å². The molecule has 0 fully saturated rings. The van der Waals surface area contributed by atoms with Crippen molar-refractivity contribution in [3.8, 4) is 0 Å². The van der Waals surface area contributed by atoms with E-state index in [0.717, 1.165) is 22.1 Å². The minimum atomic E-state index is -3.68. The first-order valence-corrected chi connectivity index (χ1v) is 10.4. The summed E-state index contributed by atoms with van der Waals surface area (Å²) < 4.78 is 27.9. The molecule has 1 amide bonds. The average Bonchev–Trinajstić information content (AvgIpc) is 2.97. The summed E-state index contributed by atoms with van der Waals surface area (Å²) in [5.74, 6) is -0.102. The highest BCUT2D eigenvalue weighted by atomic mass is 79.9. The maximum absolute atomic E-state index is 12.4. The third-order valence-electron chi connectivity index (χ3n) is 3.98. The Bertz CT molecular complexity index is 918.